The lowest BCUT2D eigenvalue weighted by Gasteiger charge is -2.23. The number of carbonyl (C=O) groups excluding carboxylic acids is 1. The van der Waals surface area contributed by atoms with E-state index in [0.717, 1.165) is 62.7 Å². The topological polar surface area (TPSA) is 74.6 Å². The maximum atomic E-state index is 12.9. The lowest BCUT2D eigenvalue weighted by molar-refractivity contribution is 0.0947. The Hall–Kier alpha value is -1.53. The van der Waals surface area contributed by atoms with Crippen LogP contribution in [0.3, 0.4) is 0 Å². The molecule has 0 saturated heterocycles. The lowest BCUT2D eigenvalue weighted by atomic mass is 9.93. The van der Waals surface area contributed by atoms with Gasteiger partial charge in [0.25, 0.3) is 11.5 Å². The predicted octanol–water partition coefficient (Wildman–Crippen LogP) is 1.87. The van der Waals surface area contributed by atoms with Crippen molar-refractivity contribution in [3.63, 3.8) is 0 Å². The Balaban J connectivity index is 0.00000225. The molecule has 1 amide bonds. The van der Waals surface area contributed by atoms with Crippen LogP contribution in [0.25, 0.3) is 0 Å². The van der Waals surface area contributed by atoms with E-state index in [9.17, 15) is 14.7 Å². The highest BCUT2D eigenvalue weighted by Crippen LogP contribution is 2.39. The maximum absolute atomic E-state index is 12.9. The van der Waals surface area contributed by atoms with E-state index in [1.807, 2.05) is 19.0 Å². The number of carbonyl (C=O) groups is 1. The minimum absolute atomic E-state index is 0. The van der Waals surface area contributed by atoms with E-state index in [0.29, 0.717) is 6.54 Å². The summed E-state index contributed by atoms with van der Waals surface area (Å²) in [7, 11) is 3.96. The third-order valence-electron chi connectivity index (χ3n) is 4.89. The largest absolute Gasteiger partial charge is 0.507 e. The van der Waals surface area contributed by atoms with Crippen LogP contribution in [0.4, 0.5) is 0 Å². The van der Waals surface area contributed by atoms with E-state index in [1.165, 1.54) is 0 Å². The van der Waals surface area contributed by atoms with Crippen molar-refractivity contribution in [3.8, 4) is 5.75 Å². The minimum atomic E-state index is -0.445. The van der Waals surface area contributed by atoms with E-state index in [1.54, 1.807) is 4.57 Å². The highest BCUT2D eigenvalue weighted by atomic mass is 35.5. The van der Waals surface area contributed by atoms with Crippen LogP contribution in [0, 0.1) is 0 Å². The van der Waals surface area contributed by atoms with Crippen molar-refractivity contribution in [2.45, 2.75) is 51.0 Å². The quantitative estimate of drug-likeness (QED) is 0.751. The maximum Gasteiger partial charge on any atom is 0.267 e. The Morgan fingerprint density at radius 2 is 1.96 bits per heavy atom. The number of nitrogens with zero attached hydrogens (tertiary/aromatic N) is 2. The van der Waals surface area contributed by atoms with Crippen LogP contribution >= 0.6 is 12.4 Å². The van der Waals surface area contributed by atoms with Crippen LogP contribution in [0.5, 0.6) is 5.75 Å². The molecule has 2 aliphatic rings. The van der Waals surface area contributed by atoms with Gasteiger partial charge >= 0.3 is 0 Å². The number of aromatic nitrogens is 1. The molecule has 0 bridgehead atoms. The second-order valence-corrected chi connectivity index (χ2v) is 7.18. The lowest BCUT2D eigenvalue weighted by Crippen LogP contribution is -2.36. The first-order chi connectivity index (χ1) is 11.5. The van der Waals surface area contributed by atoms with Gasteiger partial charge in [0.05, 0.1) is 0 Å². The molecule has 0 radical (unpaired) electrons. The van der Waals surface area contributed by atoms with Crippen molar-refractivity contribution in [1.82, 2.24) is 14.8 Å². The fourth-order valence-electron chi connectivity index (χ4n) is 3.51. The summed E-state index contributed by atoms with van der Waals surface area (Å²) in [5.74, 6) is -0.532. The number of aromatic hydroxyl groups is 1. The molecule has 1 heterocycles. The number of fused-ring (bicyclic) bond motifs is 1. The van der Waals surface area contributed by atoms with Gasteiger partial charge in [0, 0.05) is 23.8 Å². The van der Waals surface area contributed by atoms with Crippen molar-refractivity contribution in [1.29, 1.82) is 0 Å². The Bertz CT molecular complexity index is 696. The van der Waals surface area contributed by atoms with E-state index in [-0.39, 0.29) is 35.3 Å². The average molecular weight is 370 g/mol. The molecule has 3 rings (SSSR count). The van der Waals surface area contributed by atoms with Crippen LogP contribution in [-0.4, -0.2) is 47.7 Å². The van der Waals surface area contributed by atoms with Gasteiger partial charge in [-0.2, -0.15) is 0 Å². The van der Waals surface area contributed by atoms with Crippen LogP contribution in [0.2, 0.25) is 0 Å². The number of amides is 1. The highest BCUT2D eigenvalue weighted by Gasteiger charge is 2.33. The molecule has 25 heavy (non-hydrogen) atoms. The summed E-state index contributed by atoms with van der Waals surface area (Å²) in [5.41, 5.74) is 1.38. The van der Waals surface area contributed by atoms with Gasteiger partial charge in [0.1, 0.15) is 11.3 Å². The Labute approximate surface area is 154 Å². The first kappa shape index (κ1) is 19.8. The molecule has 1 saturated carbocycles. The summed E-state index contributed by atoms with van der Waals surface area (Å²) in [5, 5.41) is 13.4. The van der Waals surface area contributed by atoms with Gasteiger partial charge in [0.2, 0.25) is 0 Å². The molecule has 0 aliphatic heterocycles. The number of hydrogen-bond acceptors (Lipinski definition) is 4. The molecule has 140 valence electrons. The second kappa shape index (κ2) is 8.23. The van der Waals surface area contributed by atoms with Crippen LogP contribution in [0.1, 0.15) is 59.8 Å². The number of rotatable bonds is 6. The fourth-order valence-corrected chi connectivity index (χ4v) is 3.51. The third-order valence-corrected chi connectivity index (χ3v) is 4.89. The molecule has 0 spiro atoms. The summed E-state index contributed by atoms with van der Waals surface area (Å²) in [4.78, 5) is 27.4. The zero-order chi connectivity index (χ0) is 17.3. The SMILES string of the molecule is CN(C)CCCNC(=O)c1c(O)c2c(n(C3CC3)c1=O)CCCC2.Cl. The molecule has 0 atom stereocenters. The van der Waals surface area contributed by atoms with E-state index >= 15 is 0 Å². The van der Waals surface area contributed by atoms with Gasteiger partial charge in [0.15, 0.2) is 0 Å². The Morgan fingerprint density at radius 3 is 2.60 bits per heavy atom. The summed E-state index contributed by atoms with van der Waals surface area (Å²) >= 11 is 0. The van der Waals surface area contributed by atoms with Crippen molar-refractivity contribution < 1.29 is 9.90 Å². The molecular weight excluding hydrogens is 342 g/mol. The van der Waals surface area contributed by atoms with Gasteiger partial charge < -0.3 is 19.9 Å². The standard InChI is InChI=1S/C18H27N3O3.ClH/c1-20(2)11-5-10-19-17(23)15-16(22)13-6-3-4-7-14(13)21(18(15)24)12-8-9-12;/h12,22H,3-11H2,1-2H3,(H,19,23);1H. The average Bonchev–Trinajstić information content (AvgIpc) is 3.36. The Kier molecular flexibility index (Phi) is 6.52. The summed E-state index contributed by atoms with van der Waals surface area (Å²) < 4.78 is 1.79. The van der Waals surface area contributed by atoms with Crippen LogP contribution < -0.4 is 10.9 Å². The smallest absolute Gasteiger partial charge is 0.267 e. The fraction of sp³-hybridized carbons (Fsp3) is 0.667. The summed E-state index contributed by atoms with van der Waals surface area (Å²) in [6.07, 6.45) is 6.37. The summed E-state index contributed by atoms with van der Waals surface area (Å²) in [6.45, 7) is 1.36. The first-order valence-corrected chi connectivity index (χ1v) is 8.93. The molecule has 1 aromatic rings. The van der Waals surface area contributed by atoms with Crippen LogP contribution in [-0.2, 0) is 12.8 Å². The number of pyridine rings is 1. The molecule has 0 unspecified atom stereocenters. The van der Waals surface area contributed by atoms with Gasteiger partial charge in [-0.15, -0.1) is 12.4 Å². The normalized spacial score (nSPS) is 16.3. The van der Waals surface area contributed by atoms with Crippen LogP contribution in [0.15, 0.2) is 4.79 Å². The predicted molar refractivity (Wildman–Crippen MR) is 100 cm³/mol. The second-order valence-electron chi connectivity index (χ2n) is 7.18. The van der Waals surface area contributed by atoms with Gasteiger partial charge in [-0.3, -0.25) is 9.59 Å². The number of nitrogens with one attached hydrogen (secondary N) is 1. The molecule has 7 heteroatoms. The highest BCUT2D eigenvalue weighted by molar-refractivity contribution is 5.97. The molecule has 1 aromatic heterocycles. The molecule has 2 aliphatic carbocycles. The van der Waals surface area contributed by atoms with E-state index in [2.05, 4.69) is 5.32 Å². The van der Waals surface area contributed by atoms with Gasteiger partial charge in [-0.25, -0.2) is 0 Å². The van der Waals surface area contributed by atoms with Crippen molar-refractivity contribution in [2.75, 3.05) is 27.2 Å². The third kappa shape index (κ3) is 4.18. The van der Waals surface area contributed by atoms with Crippen molar-refractivity contribution in [2.24, 2.45) is 0 Å². The molecular formula is C18H28ClN3O3. The van der Waals surface area contributed by atoms with Gasteiger partial charge in [-0.1, -0.05) is 0 Å². The molecule has 2 N–H and O–H groups in total. The van der Waals surface area contributed by atoms with Gasteiger partial charge in [-0.05, 0) is 65.6 Å². The monoisotopic (exact) mass is 369 g/mol. The summed E-state index contributed by atoms with van der Waals surface area (Å²) in [6, 6.07) is 0.213. The van der Waals surface area contributed by atoms with E-state index in [4.69, 9.17) is 0 Å². The molecule has 0 aromatic carbocycles. The zero-order valence-corrected chi connectivity index (χ0v) is 15.8. The van der Waals surface area contributed by atoms with Crippen molar-refractivity contribution in [3.05, 3.63) is 27.2 Å². The zero-order valence-electron chi connectivity index (χ0n) is 15.0. The molecule has 6 nitrogen and oxygen atoms in total. The number of halogens is 1. The van der Waals surface area contributed by atoms with Crippen molar-refractivity contribution >= 4 is 18.3 Å². The molecule has 1 fully saturated rings. The first-order valence-electron chi connectivity index (χ1n) is 8.93. The minimum Gasteiger partial charge on any atom is -0.507 e. The van der Waals surface area contributed by atoms with E-state index < -0.39 is 5.91 Å². The number of hydrogen-bond donors (Lipinski definition) is 2. The Morgan fingerprint density at radius 1 is 1.28 bits per heavy atom.